The summed E-state index contributed by atoms with van der Waals surface area (Å²) in [5.41, 5.74) is 14.1. The molecule has 0 fully saturated rings. The van der Waals surface area contributed by atoms with Crippen molar-refractivity contribution < 1.29 is 24.5 Å². The average Bonchev–Trinajstić information content (AvgIpc) is 3.86. The topological polar surface area (TPSA) is 43.9 Å². The van der Waals surface area contributed by atoms with Gasteiger partial charge in [-0.25, -0.2) is 0 Å². The number of imidazole rings is 1. The van der Waals surface area contributed by atoms with E-state index in [0.717, 1.165) is 67.7 Å². The number of rotatable bonds is 7. The molecule has 0 bridgehead atoms. The van der Waals surface area contributed by atoms with Crippen LogP contribution in [-0.4, -0.2) is 27.8 Å². The Morgan fingerprint density at radius 2 is 1.35 bits per heavy atom. The predicted octanol–water partition coefficient (Wildman–Crippen LogP) is 15.3. The van der Waals surface area contributed by atoms with Gasteiger partial charge in [-0.2, -0.15) is 0 Å². The summed E-state index contributed by atoms with van der Waals surface area (Å²) in [5.74, 6) is 8.82. The second kappa shape index (κ2) is 18.0. The summed E-state index contributed by atoms with van der Waals surface area (Å²) < 4.78 is 10.4. The molecule has 0 saturated heterocycles. The first-order chi connectivity index (χ1) is 31.0. The SMILES string of the molecule is CC(C)Cc1cc(-c2[c-]cccc2)nc[c]1[Ge]([CH3])([CH3])[CH3].Cc1cc(-c2ccccc2)cc(C)c1-n1c(-c2[c-]ccc3c2oc2ccccc23)nc2cc3c(ccc4ccccc43)cc21.[Ir]. The van der Waals surface area contributed by atoms with E-state index in [-0.39, 0.29) is 20.1 Å². The van der Waals surface area contributed by atoms with Crippen molar-refractivity contribution in [3.63, 3.8) is 0 Å². The molecule has 8 aromatic carbocycles. The van der Waals surface area contributed by atoms with Gasteiger partial charge in [0.15, 0.2) is 0 Å². The summed E-state index contributed by atoms with van der Waals surface area (Å²) in [5, 5.41) is 7.00. The third-order valence-corrected chi connectivity index (χ3v) is 16.6. The Hall–Kier alpha value is -6.11. The van der Waals surface area contributed by atoms with Crippen molar-refractivity contribution in [2.45, 2.75) is 51.4 Å². The predicted molar refractivity (Wildman–Crippen MR) is 273 cm³/mol. The van der Waals surface area contributed by atoms with E-state index in [1.54, 1.807) is 4.40 Å². The van der Waals surface area contributed by atoms with Crippen molar-refractivity contribution in [1.29, 1.82) is 0 Å². The Morgan fingerprint density at radius 1 is 0.646 bits per heavy atom. The molecular formula is C59H51GeIrN3O-2. The number of hydrogen-bond donors (Lipinski definition) is 0. The van der Waals surface area contributed by atoms with Gasteiger partial charge in [-0.15, -0.1) is 18.2 Å². The van der Waals surface area contributed by atoms with Crippen LogP contribution < -0.4 is 4.40 Å². The van der Waals surface area contributed by atoms with E-state index in [2.05, 4.69) is 189 Å². The molecule has 0 unspecified atom stereocenters. The summed E-state index contributed by atoms with van der Waals surface area (Å²) in [7, 11) is 0. The molecule has 0 atom stereocenters. The maximum atomic E-state index is 6.51. The zero-order chi connectivity index (χ0) is 44.1. The van der Waals surface area contributed by atoms with E-state index >= 15 is 0 Å². The van der Waals surface area contributed by atoms with Gasteiger partial charge in [0.05, 0.1) is 22.4 Å². The third kappa shape index (κ3) is 8.50. The second-order valence-electron chi connectivity index (χ2n) is 18.5. The number of fused-ring (bicyclic) bond motifs is 7. The molecule has 3 aromatic heterocycles. The number of para-hydroxylation sites is 1. The van der Waals surface area contributed by atoms with E-state index < -0.39 is 13.3 Å². The van der Waals surface area contributed by atoms with Crippen LogP contribution in [0.2, 0.25) is 17.3 Å². The van der Waals surface area contributed by atoms with E-state index in [1.165, 1.54) is 49.4 Å². The molecule has 6 heteroatoms. The van der Waals surface area contributed by atoms with Crippen LogP contribution in [0.1, 0.15) is 30.5 Å². The molecule has 0 N–H and O–H groups in total. The molecule has 4 nitrogen and oxygen atoms in total. The van der Waals surface area contributed by atoms with E-state index in [4.69, 9.17) is 14.4 Å². The molecule has 11 aromatic rings. The van der Waals surface area contributed by atoms with Crippen molar-refractivity contribution in [1.82, 2.24) is 14.5 Å². The van der Waals surface area contributed by atoms with Gasteiger partial charge in [0, 0.05) is 31.2 Å². The molecule has 65 heavy (non-hydrogen) atoms. The Kier molecular flexibility index (Phi) is 12.2. The van der Waals surface area contributed by atoms with Crippen molar-refractivity contribution >= 4 is 72.2 Å². The number of pyridine rings is 1. The zero-order valence-corrected chi connectivity index (χ0v) is 42.4. The van der Waals surface area contributed by atoms with Gasteiger partial charge in [-0.05, 0) is 88.0 Å². The van der Waals surface area contributed by atoms with Crippen molar-refractivity contribution in [3.05, 3.63) is 193 Å². The summed E-state index contributed by atoms with van der Waals surface area (Å²) in [6, 6.07) is 62.1. The van der Waals surface area contributed by atoms with Crippen LogP contribution in [0.4, 0.5) is 0 Å². The van der Waals surface area contributed by atoms with Crippen molar-refractivity contribution in [2.24, 2.45) is 5.92 Å². The summed E-state index contributed by atoms with van der Waals surface area (Å²) >= 11 is -1.86. The van der Waals surface area contributed by atoms with Crippen LogP contribution in [0.25, 0.3) is 94.0 Å². The Morgan fingerprint density at radius 3 is 2.09 bits per heavy atom. The molecule has 0 aliphatic carbocycles. The average molecular weight is 1080 g/mol. The number of furan rings is 1. The fourth-order valence-corrected chi connectivity index (χ4v) is 12.8. The van der Waals surface area contributed by atoms with Crippen LogP contribution in [0.15, 0.2) is 168 Å². The Balaban J connectivity index is 0.000000215. The molecular weight excluding hydrogens is 1030 g/mol. The summed E-state index contributed by atoms with van der Waals surface area (Å²) in [4.78, 5) is 10.1. The van der Waals surface area contributed by atoms with Crippen LogP contribution in [-0.2, 0) is 26.5 Å². The molecule has 0 aliphatic heterocycles. The first-order valence-electron chi connectivity index (χ1n) is 22.3. The number of aromatic nitrogens is 3. The minimum absolute atomic E-state index is 0. The molecule has 0 aliphatic rings. The number of nitrogens with zero attached hydrogens (tertiary/aromatic N) is 3. The fraction of sp³-hybridized carbons (Fsp3) is 0.153. The van der Waals surface area contributed by atoms with Crippen molar-refractivity contribution in [2.75, 3.05) is 0 Å². The van der Waals surface area contributed by atoms with E-state index in [0.29, 0.717) is 5.92 Å². The largest absolute Gasteiger partial charge is 0.501 e. The number of hydrogen-bond acceptors (Lipinski definition) is 3. The minimum Gasteiger partial charge on any atom is -0.501 e. The molecule has 0 spiro atoms. The van der Waals surface area contributed by atoms with Gasteiger partial charge in [-0.3, -0.25) is 4.98 Å². The standard InChI is InChI=1S/C41H27N2O.C18H24GeN.Ir/c1-25-21-30(27-11-4-3-5-12-27)22-26(2)39(25)43-37-23-29-20-19-28-13-6-7-14-31(28)35(29)24-36(37)42-41(43)34-17-10-16-33-32-15-8-9-18-38(32)44-40(33)34;1-14(2)11-16-12-18(15-9-7-6-8-10-15)20-13-17(16)19(3,4)5;/h3-16,18-24H,1-2H3;6-9,12-14H,11H2,1-5H3;/q2*-1;. The molecule has 3 heterocycles. The van der Waals surface area contributed by atoms with Gasteiger partial charge in [-0.1, -0.05) is 95.9 Å². The minimum atomic E-state index is -1.86. The Bertz CT molecular complexity index is 3490. The van der Waals surface area contributed by atoms with Crippen molar-refractivity contribution in [3.8, 4) is 39.5 Å². The second-order valence-corrected chi connectivity index (χ2v) is 29.1. The van der Waals surface area contributed by atoms with E-state index in [1.807, 2.05) is 36.4 Å². The molecule has 0 saturated carbocycles. The van der Waals surface area contributed by atoms with Crippen LogP contribution in [0.5, 0.6) is 0 Å². The fourth-order valence-electron chi connectivity index (χ4n) is 9.42. The smallest absolute Gasteiger partial charge is 0.120 e. The van der Waals surface area contributed by atoms with Crippen LogP contribution in [0.3, 0.4) is 0 Å². The van der Waals surface area contributed by atoms with Crippen LogP contribution >= 0.6 is 0 Å². The van der Waals surface area contributed by atoms with Gasteiger partial charge in [0.1, 0.15) is 5.58 Å². The maximum absolute atomic E-state index is 6.51. The maximum Gasteiger partial charge on any atom is 0.120 e. The molecule has 1 radical (unpaired) electrons. The van der Waals surface area contributed by atoms with Gasteiger partial charge >= 0.3 is 126 Å². The molecule has 323 valence electrons. The van der Waals surface area contributed by atoms with Gasteiger partial charge in [0.25, 0.3) is 0 Å². The number of aryl methyl sites for hydroxylation is 2. The monoisotopic (exact) mass is 1080 g/mol. The van der Waals surface area contributed by atoms with Crippen LogP contribution in [0, 0.1) is 31.9 Å². The first-order valence-corrected chi connectivity index (χ1v) is 29.7. The summed E-state index contributed by atoms with van der Waals surface area (Å²) in [6.07, 6.45) is 3.27. The summed E-state index contributed by atoms with van der Waals surface area (Å²) in [6.45, 7) is 8.97. The first kappa shape index (κ1) is 44.1. The van der Waals surface area contributed by atoms with Gasteiger partial charge in [0.2, 0.25) is 0 Å². The normalized spacial score (nSPS) is 11.7. The molecule has 11 rings (SSSR count). The Labute approximate surface area is 398 Å². The quantitative estimate of drug-likeness (QED) is 0.0907. The third-order valence-electron chi connectivity index (χ3n) is 12.3. The number of benzene rings is 8. The van der Waals surface area contributed by atoms with Gasteiger partial charge < -0.3 is 8.98 Å². The molecule has 0 amide bonds. The zero-order valence-electron chi connectivity index (χ0n) is 38.0. The van der Waals surface area contributed by atoms with E-state index in [9.17, 15) is 0 Å².